The van der Waals surface area contributed by atoms with Crippen molar-refractivity contribution in [1.29, 1.82) is 0 Å². The highest BCUT2D eigenvalue weighted by Crippen LogP contribution is 2.35. The van der Waals surface area contributed by atoms with Crippen LogP contribution in [0.2, 0.25) is 0 Å². The second-order valence-electron chi connectivity index (χ2n) is 5.54. The van der Waals surface area contributed by atoms with E-state index >= 15 is 0 Å². The van der Waals surface area contributed by atoms with Gasteiger partial charge >= 0.3 is 5.97 Å². The number of hydrogen-bond donors (Lipinski definition) is 1. The number of halogens is 1. The average molecular weight is 489 g/mol. The molecule has 0 aliphatic carbocycles. The van der Waals surface area contributed by atoms with Crippen LogP contribution < -0.4 is 9.47 Å². The Kier molecular flexibility index (Phi) is 6.49. The number of nitrogens with zero attached hydrogens (tertiary/aromatic N) is 1. The van der Waals surface area contributed by atoms with E-state index in [2.05, 4.69) is 27.6 Å². The van der Waals surface area contributed by atoms with Crippen molar-refractivity contribution in [1.82, 2.24) is 4.98 Å². The zero-order valence-corrected chi connectivity index (χ0v) is 17.0. The Morgan fingerprint density at radius 3 is 2.29 bits per heavy atom. The van der Waals surface area contributed by atoms with E-state index in [1.165, 1.54) is 13.4 Å². The summed E-state index contributed by atoms with van der Waals surface area (Å²) < 4.78 is 17.5. The van der Waals surface area contributed by atoms with Crippen LogP contribution in [0.1, 0.15) is 5.56 Å². The molecule has 0 radical (unpaired) electrons. The minimum atomic E-state index is -1.07. The minimum Gasteiger partial charge on any atom is -0.503 e. The van der Waals surface area contributed by atoms with Crippen molar-refractivity contribution in [3.05, 3.63) is 82.3 Å². The lowest BCUT2D eigenvalue weighted by atomic mass is 10.1. The smallest absolute Gasteiger partial charge is 0.339 e. The monoisotopic (exact) mass is 489 g/mol. The molecule has 3 aromatic rings. The Morgan fingerprint density at radius 2 is 1.68 bits per heavy atom. The second kappa shape index (κ2) is 9.23. The van der Waals surface area contributed by atoms with Crippen LogP contribution in [-0.4, -0.2) is 23.2 Å². The lowest BCUT2D eigenvalue weighted by Crippen LogP contribution is -2.00. The van der Waals surface area contributed by atoms with Crippen LogP contribution in [0.25, 0.3) is 5.57 Å². The number of para-hydroxylation sites is 2. The summed E-state index contributed by atoms with van der Waals surface area (Å²) >= 11 is 2.15. The molecule has 0 amide bonds. The molecule has 0 spiro atoms. The van der Waals surface area contributed by atoms with Crippen LogP contribution >= 0.6 is 22.6 Å². The molecule has 0 unspecified atom stereocenters. The molecular formula is C21H16INO5. The van der Waals surface area contributed by atoms with Crippen LogP contribution in [0.5, 0.6) is 23.1 Å². The highest BCUT2D eigenvalue weighted by atomic mass is 127. The summed E-state index contributed by atoms with van der Waals surface area (Å²) in [7, 11) is 1.40. The number of carbonyl (C=O) groups is 1. The van der Waals surface area contributed by atoms with Crippen LogP contribution in [0.3, 0.4) is 0 Å². The fraction of sp³-hybridized carbons (Fsp3) is 0.0476. The van der Waals surface area contributed by atoms with Crippen molar-refractivity contribution in [3.63, 3.8) is 0 Å². The molecule has 0 fully saturated rings. The first-order valence-electron chi connectivity index (χ1n) is 8.20. The molecule has 0 atom stereocenters. The van der Waals surface area contributed by atoms with E-state index in [9.17, 15) is 9.90 Å². The van der Waals surface area contributed by atoms with Crippen LogP contribution in [0.15, 0.2) is 73.1 Å². The molecule has 1 aromatic heterocycles. The fourth-order valence-corrected chi connectivity index (χ4v) is 2.82. The first kappa shape index (κ1) is 19.7. The SMILES string of the molecule is CO/C=C(/C(=O)O)c1ccc(Oc2ccccc2Oc2ncccc2I)cc1. The molecule has 3 rings (SSSR count). The lowest BCUT2D eigenvalue weighted by Gasteiger charge is -2.12. The summed E-state index contributed by atoms with van der Waals surface area (Å²) in [4.78, 5) is 15.5. The molecule has 6 nitrogen and oxygen atoms in total. The molecule has 1 N–H and O–H groups in total. The maximum Gasteiger partial charge on any atom is 0.339 e. The van der Waals surface area contributed by atoms with Gasteiger partial charge in [0.2, 0.25) is 5.88 Å². The molecule has 0 saturated heterocycles. The maximum absolute atomic E-state index is 11.3. The molecule has 0 aliphatic heterocycles. The highest BCUT2D eigenvalue weighted by Gasteiger charge is 2.13. The molecule has 7 heteroatoms. The van der Waals surface area contributed by atoms with Crippen LogP contribution in [0.4, 0.5) is 0 Å². The van der Waals surface area contributed by atoms with Gasteiger partial charge in [0.1, 0.15) is 11.3 Å². The standard InChI is InChI=1S/C21H16INO5/c1-26-13-16(21(24)25)14-8-10-15(11-9-14)27-18-6-2-3-7-19(18)28-20-17(22)5-4-12-23-20/h2-13H,1H3,(H,24,25)/b16-13+. The van der Waals surface area contributed by atoms with E-state index in [0.29, 0.717) is 28.7 Å². The van der Waals surface area contributed by atoms with Gasteiger partial charge in [-0.2, -0.15) is 0 Å². The van der Waals surface area contributed by atoms with Gasteiger partial charge < -0.3 is 19.3 Å². The van der Waals surface area contributed by atoms with E-state index in [4.69, 9.17) is 14.2 Å². The molecular weight excluding hydrogens is 473 g/mol. The lowest BCUT2D eigenvalue weighted by molar-refractivity contribution is -0.130. The van der Waals surface area contributed by atoms with Gasteiger partial charge in [-0.15, -0.1) is 0 Å². The summed E-state index contributed by atoms with van der Waals surface area (Å²) in [5.41, 5.74) is 0.566. The van der Waals surface area contributed by atoms with Gasteiger partial charge in [0.25, 0.3) is 0 Å². The molecule has 28 heavy (non-hydrogen) atoms. The fourth-order valence-electron chi connectivity index (χ4n) is 2.36. The number of carboxylic acids is 1. The predicted octanol–water partition coefficient (Wildman–Crippen LogP) is 5.34. The number of aromatic nitrogens is 1. The van der Waals surface area contributed by atoms with Crippen LogP contribution in [0, 0.1) is 3.57 Å². The van der Waals surface area contributed by atoms with Gasteiger partial charge in [-0.3, -0.25) is 0 Å². The van der Waals surface area contributed by atoms with Gasteiger partial charge in [0, 0.05) is 6.20 Å². The Labute approximate surface area is 175 Å². The zero-order valence-electron chi connectivity index (χ0n) is 14.8. The number of hydrogen-bond acceptors (Lipinski definition) is 5. The number of carboxylic acid groups (broad SMARTS) is 1. The van der Waals surface area contributed by atoms with E-state index in [0.717, 1.165) is 3.57 Å². The topological polar surface area (TPSA) is 77.9 Å². The van der Waals surface area contributed by atoms with Crippen molar-refractivity contribution in [2.45, 2.75) is 0 Å². The van der Waals surface area contributed by atoms with Gasteiger partial charge in [-0.05, 0) is 64.6 Å². The molecule has 2 aromatic carbocycles. The van der Waals surface area contributed by atoms with E-state index in [-0.39, 0.29) is 5.57 Å². The molecule has 0 bridgehead atoms. The van der Waals surface area contributed by atoms with Crippen LogP contribution in [-0.2, 0) is 9.53 Å². The summed E-state index contributed by atoms with van der Waals surface area (Å²) in [6.45, 7) is 0. The van der Waals surface area contributed by atoms with Crippen molar-refractivity contribution in [2.24, 2.45) is 0 Å². The Balaban J connectivity index is 1.82. The Morgan fingerprint density at radius 1 is 1.00 bits per heavy atom. The number of benzene rings is 2. The van der Waals surface area contributed by atoms with Crippen molar-refractivity contribution < 1.29 is 24.1 Å². The number of pyridine rings is 1. The van der Waals surface area contributed by atoms with Gasteiger partial charge in [-0.1, -0.05) is 24.3 Å². The molecule has 1 heterocycles. The highest BCUT2D eigenvalue weighted by molar-refractivity contribution is 14.1. The molecule has 0 aliphatic rings. The number of aliphatic carboxylic acids is 1. The second-order valence-corrected chi connectivity index (χ2v) is 6.70. The summed E-state index contributed by atoms with van der Waals surface area (Å²) in [5, 5.41) is 9.26. The zero-order chi connectivity index (χ0) is 19.9. The minimum absolute atomic E-state index is 0.0579. The molecule has 142 valence electrons. The third-order valence-corrected chi connectivity index (χ3v) is 4.46. The summed E-state index contributed by atoms with van der Waals surface area (Å²) in [5.74, 6) is 0.999. The predicted molar refractivity (Wildman–Crippen MR) is 113 cm³/mol. The third kappa shape index (κ3) is 4.80. The normalized spacial score (nSPS) is 11.0. The third-order valence-electron chi connectivity index (χ3n) is 3.64. The van der Waals surface area contributed by atoms with Crippen molar-refractivity contribution in [3.8, 4) is 23.1 Å². The summed E-state index contributed by atoms with van der Waals surface area (Å²) in [6, 6.07) is 17.7. The van der Waals surface area contributed by atoms with E-state index in [1.807, 2.05) is 24.3 Å². The van der Waals surface area contributed by atoms with Gasteiger partial charge in [0.05, 0.1) is 16.9 Å². The Bertz CT molecular complexity index is 1000. The summed E-state index contributed by atoms with van der Waals surface area (Å²) in [6.07, 6.45) is 2.85. The van der Waals surface area contributed by atoms with Gasteiger partial charge in [0.15, 0.2) is 11.5 Å². The number of ether oxygens (including phenoxy) is 3. The molecule has 0 saturated carbocycles. The van der Waals surface area contributed by atoms with Crippen molar-refractivity contribution in [2.75, 3.05) is 7.11 Å². The number of methoxy groups -OCH3 is 1. The first-order valence-corrected chi connectivity index (χ1v) is 9.28. The largest absolute Gasteiger partial charge is 0.503 e. The Hall–Kier alpha value is -3.07. The van der Waals surface area contributed by atoms with Crippen molar-refractivity contribution >= 4 is 34.1 Å². The van der Waals surface area contributed by atoms with Gasteiger partial charge in [-0.25, -0.2) is 9.78 Å². The maximum atomic E-state index is 11.3. The van der Waals surface area contributed by atoms with E-state index < -0.39 is 5.97 Å². The average Bonchev–Trinajstić information content (AvgIpc) is 2.70. The van der Waals surface area contributed by atoms with E-state index in [1.54, 1.807) is 42.6 Å². The quantitative estimate of drug-likeness (QED) is 0.274. The first-order chi connectivity index (χ1) is 13.6. The number of rotatable bonds is 7.